The molecule has 0 unspecified atom stereocenters. The molecule has 1 aromatic carbocycles. The molecular formula is C12H10F3NO5S. The van der Waals surface area contributed by atoms with Crippen molar-refractivity contribution in [1.29, 1.82) is 0 Å². The molecule has 2 aliphatic rings. The minimum absolute atomic E-state index is 0.0700. The third-order valence-corrected chi connectivity index (χ3v) is 3.58. The fourth-order valence-corrected chi connectivity index (χ4v) is 2.03. The number of hydrogen-bond acceptors (Lipinski definition) is 5. The maximum atomic E-state index is 11.9. The predicted molar refractivity (Wildman–Crippen MR) is 66.3 cm³/mol. The minimum atomic E-state index is -6.09. The molecule has 2 heterocycles. The molecule has 6 nitrogen and oxygen atoms in total. The second-order valence-corrected chi connectivity index (χ2v) is 5.96. The van der Waals surface area contributed by atoms with E-state index >= 15 is 0 Å². The van der Waals surface area contributed by atoms with Crippen LogP contribution in [0.1, 0.15) is 22.8 Å². The quantitative estimate of drug-likeness (QED) is 0.401. The van der Waals surface area contributed by atoms with E-state index in [0.29, 0.717) is 6.61 Å². The standard InChI is InChI=1S/C11H10NO2.CHF3O3S/c1-7-6-14-11-9-5-3-2-4-8(9)10(13)12(7)11;2-1(3,4)8(5,6)7/h2-5,7H,6H2,1H3;(H,5,6,7)/q+1;/p-1/t7-;/m0./s1. The normalized spacial score (nSPS) is 20.0. The molecule has 2 aliphatic heterocycles. The van der Waals surface area contributed by atoms with Gasteiger partial charge < -0.3 is 9.29 Å². The largest absolute Gasteiger partial charge is 0.741 e. The number of benzene rings is 1. The molecular weight excluding hydrogens is 327 g/mol. The van der Waals surface area contributed by atoms with Crippen LogP contribution in [0.3, 0.4) is 0 Å². The Morgan fingerprint density at radius 1 is 1.27 bits per heavy atom. The van der Waals surface area contributed by atoms with Gasteiger partial charge in [-0.1, -0.05) is 12.1 Å². The van der Waals surface area contributed by atoms with Crippen LogP contribution in [-0.4, -0.2) is 47.5 Å². The van der Waals surface area contributed by atoms with Gasteiger partial charge in [-0.2, -0.15) is 13.2 Å². The lowest BCUT2D eigenvalue weighted by Crippen LogP contribution is -2.25. The molecule has 1 aromatic rings. The predicted octanol–water partition coefficient (Wildman–Crippen LogP) is 1.07. The molecule has 0 spiro atoms. The first kappa shape index (κ1) is 16.4. The number of nitrogens with zero attached hydrogens (tertiary/aromatic N) is 1. The zero-order valence-electron chi connectivity index (χ0n) is 11.1. The Bertz CT molecular complexity index is 754. The van der Waals surface area contributed by atoms with Crippen molar-refractivity contribution in [2.24, 2.45) is 0 Å². The number of rotatable bonds is 0. The molecule has 3 rings (SSSR count). The molecule has 120 valence electrons. The smallest absolute Gasteiger partial charge is 0.485 e. The first-order valence-electron chi connectivity index (χ1n) is 5.99. The van der Waals surface area contributed by atoms with Crippen LogP contribution in [-0.2, 0) is 14.9 Å². The first-order valence-corrected chi connectivity index (χ1v) is 7.39. The van der Waals surface area contributed by atoms with Crippen molar-refractivity contribution < 1.29 is 40.2 Å². The lowest BCUT2D eigenvalue weighted by Gasteiger charge is -2.08. The number of halogens is 3. The van der Waals surface area contributed by atoms with E-state index < -0.39 is 15.6 Å². The molecule has 0 N–H and O–H groups in total. The van der Waals surface area contributed by atoms with Crippen LogP contribution in [0.25, 0.3) is 0 Å². The zero-order valence-corrected chi connectivity index (χ0v) is 11.9. The third-order valence-electron chi connectivity index (χ3n) is 3.01. The van der Waals surface area contributed by atoms with Gasteiger partial charge in [0.25, 0.3) is 0 Å². The van der Waals surface area contributed by atoms with Gasteiger partial charge in [0.05, 0.1) is 0 Å². The lowest BCUT2D eigenvalue weighted by atomic mass is 10.1. The van der Waals surface area contributed by atoms with Gasteiger partial charge in [0.2, 0.25) is 0 Å². The summed E-state index contributed by atoms with van der Waals surface area (Å²) in [4.78, 5) is 11.9. The molecule has 0 fully saturated rings. The number of fused-ring (bicyclic) bond motifs is 2. The van der Waals surface area contributed by atoms with E-state index in [-0.39, 0.29) is 11.9 Å². The Kier molecular flexibility index (Phi) is 4.00. The van der Waals surface area contributed by atoms with Gasteiger partial charge in [-0.05, 0) is 12.1 Å². The second kappa shape index (κ2) is 5.36. The van der Waals surface area contributed by atoms with Crippen molar-refractivity contribution in [3.63, 3.8) is 0 Å². The van der Waals surface area contributed by atoms with Gasteiger partial charge in [-0.25, -0.2) is 13.2 Å². The Balaban J connectivity index is 0.000000192. The Labute approximate surface area is 123 Å². The second-order valence-electron chi connectivity index (χ2n) is 4.59. The summed E-state index contributed by atoms with van der Waals surface area (Å²) in [5, 5.41) is 0. The summed E-state index contributed by atoms with van der Waals surface area (Å²) >= 11 is 0. The van der Waals surface area contributed by atoms with Crippen molar-refractivity contribution in [3.05, 3.63) is 35.4 Å². The van der Waals surface area contributed by atoms with Gasteiger partial charge in [0.15, 0.2) is 22.8 Å². The number of hydrogen-bond donors (Lipinski definition) is 0. The Morgan fingerprint density at radius 2 is 1.77 bits per heavy atom. The number of carbonyl (C=O) groups is 1. The van der Waals surface area contributed by atoms with E-state index in [0.717, 1.165) is 17.0 Å². The van der Waals surface area contributed by atoms with Crippen LogP contribution in [0.4, 0.5) is 13.2 Å². The highest BCUT2D eigenvalue weighted by atomic mass is 32.2. The number of alkyl halides is 3. The van der Waals surface area contributed by atoms with Gasteiger partial charge in [-0.15, -0.1) is 4.58 Å². The van der Waals surface area contributed by atoms with E-state index in [1.54, 1.807) is 4.58 Å². The number of ether oxygens (including phenoxy) is 1. The van der Waals surface area contributed by atoms with Crippen molar-refractivity contribution in [1.82, 2.24) is 0 Å². The molecule has 0 saturated heterocycles. The average molecular weight is 337 g/mol. The van der Waals surface area contributed by atoms with Gasteiger partial charge in [0.1, 0.15) is 11.1 Å². The van der Waals surface area contributed by atoms with Crippen molar-refractivity contribution in [2.45, 2.75) is 18.5 Å². The molecule has 0 aliphatic carbocycles. The zero-order chi connectivity index (χ0) is 16.7. The first-order chi connectivity index (χ1) is 10.0. The minimum Gasteiger partial charge on any atom is -0.741 e. The number of carbonyl (C=O) groups excluding carboxylic acids is 1. The van der Waals surface area contributed by atoms with Crippen molar-refractivity contribution in [2.75, 3.05) is 6.61 Å². The molecule has 0 bridgehead atoms. The van der Waals surface area contributed by atoms with Gasteiger partial charge >= 0.3 is 17.3 Å². The average Bonchev–Trinajstić information content (AvgIpc) is 2.90. The molecule has 0 aromatic heterocycles. The SMILES string of the molecule is C[C@H]1COC2=[N+]1C(=O)c1ccccc12.O=S(=O)([O-])C(F)(F)F. The fourth-order valence-electron chi connectivity index (χ4n) is 2.03. The fraction of sp³-hybridized carbons (Fsp3) is 0.333. The van der Waals surface area contributed by atoms with Crippen molar-refractivity contribution >= 4 is 21.9 Å². The van der Waals surface area contributed by atoms with Crippen LogP contribution in [0, 0.1) is 0 Å². The van der Waals surface area contributed by atoms with Crippen LogP contribution >= 0.6 is 0 Å². The van der Waals surface area contributed by atoms with Crippen LogP contribution in [0.15, 0.2) is 24.3 Å². The summed E-state index contributed by atoms with van der Waals surface area (Å²) in [5.41, 5.74) is -3.96. The molecule has 10 heteroatoms. The maximum absolute atomic E-state index is 11.9. The molecule has 0 radical (unpaired) electrons. The summed E-state index contributed by atoms with van der Waals surface area (Å²) in [6.45, 7) is 2.60. The van der Waals surface area contributed by atoms with E-state index in [4.69, 9.17) is 17.7 Å². The van der Waals surface area contributed by atoms with E-state index in [1.165, 1.54) is 0 Å². The Hall–Kier alpha value is -1.94. The Morgan fingerprint density at radius 3 is 2.27 bits per heavy atom. The van der Waals surface area contributed by atoms with E-state index in [1.807, 2.05) is 31.2 Å². The highest BCUT2D eigenvalue weighted by molar-refractivity contribution is 7.86. The van der Waals surface area contributed by atoms with Crippen LogP contribution in [0.2, 0.25) is 0 Å². The summed E-state index contributed by atoms with van der Waals surface area (Å²) in [7, 11) is -6.09. The summed E-state index contributed by atoms with van der Waals surface area (Å²) < 4.78 is 66.2. The molecule has 22 heavy (non-hydrogen) atoms. The number of amides is 1. The summed E-state index contributed by atoms with van der Waals surface area (Å²) in [6, 6.07) is 7.74. The van der Waals surface area contributed by atoms with Gasteiger partial charge in [-0.3, -0.25) is 0 Å². The maximum Gasteiger partial charge on any atom is 0.485 e. The monoisotopic (exact) mass is 337 g/mol. The molecule has 1 amide bonds. The topological polar surface area (TPSA) is 86.5 Å². The molecule has 1 atom stereocenters. The van der Waals surface area contributed by atoms with Crippen LogP contribution < -0.4 is 0 Å². The van der Waals surface area contributed by atoms with Gasteiger partial charge in [0, 0.05) is 6.92 Å². The molecule has 0 saturated carbocycles. The van der Waals surface area contributed by atoms with Crippen molar-refractivity contribution in [3.8, 4) is 0 Å². The van der Waals surface area contributed by atoms with E-state index in [9.17, 15) is 18.0 Å². The van der Waals surface area contributed by atoms with E-state index in [2.05, 4.69) is 0 Å². The summed E-state index contributed by atoms with van der Waals surface area (Å²) in [5.74, 6) is 0.804. The highest BCUT2D eigenvalue weighted by Crippen LogP contribution is 2.24. The third kappa shape index (κ3) is 2.83. The lowest BCUT2D eigenvalue weighted by molar-refractivity contribution is -0.452. The van der Waals surface area contributed by atoms with Crippen LogP contribution in [0.5, 0.6) is 0 Å². The highest BCUT2D eigenvalue weighted by Gasteiger charge is 2.46. The summed E-state index contributed by atoms with van der Waals surface area (Å²) in [6.07, 6.45) is 0.